The molecule has 5 heteroatoms. The van der Waals surface area contributed by atoms with Crippen LogP contribution in [0.1, 0.15) is 4.88 Å². The summed E-state index contributed by atoms with van der Waals surface area (Å²) in [7, 11) is 0. The van der Waals surface area contributed by atoms with Gasteiger partial charge in [-0.25, -0.2) is 10.1 Å². The summed E-state index contributed by atoms with van der Waals surface area (Å²) in [4.78, 5) is 16.5. The number of carbonyl (C=O) groups excluding carboxylic acids is 1. The van der Waals surface area contributed by atoms with Gasteiger partial charge in [-0.2, -0.15) is 0 Å². The first kappa shape index (κ1) is 11.1. The average Bonchev–Trinajstić information content (AvgIpc) is 2.81. The van der Waals surface area contributed by atoms with Gasteiger partial charge in [0.15, 0.2) is 0 Å². The van der Waals surface area contributed by atoms with Gasteiger partial charge in [0.25, 0.3) is 5.91 Å². The highest BCUT2D eigenvalue weighted by Crippen LogP contribution is 2.20. The number of para-hydroxylation sites is 1. The molecular formula is C13H10N2O2S. The van der Waals surface area contributed by atoms with Gasteiger partial charge in [-0.05, 0) is 17.5 Å². The lowest BCUT2D eigenvalue weighted by molar-refractivity contribution is -0.125. The molecule has 90 valence electrons. The highest BCUT2D eigenvalue weighted by molar-refractivity contribution is 7.11. The van der Waals surface area contributed by atoms with Crippen molar-refractivity contribution >= 4 is 22.9 Å². The van der Waals surface area contributed by atoms with Crippen LogP contribution >= 0.6 is 11.3 Å². The number of nitrogens with zero attached hydrogens (tertiary/aromatic N) is 2. The van der Waals surface area contributed by atoms with Crippen molar-refractivity contribution in [2.45, 2.75) is 0 Å². The molecule has 1 N–H and O–H groups in total. The number of hydrogen-bond donors (Lipinski definition) is 1. The normalized spacial score (nSPS) is 15.1. The van der Waals surface area contributed by atoms with Gasteiger partial charge in [0.2, 0.25) is 0 Å². The molecule has 0 aliphatic carbocycles. The molecule has 1 aromatic heterocycles. The molecule has 0 fully saturated rings. The number of hydrogen-bond acceptors (Lipinski definition) is 4. The van der Waals surface area contributed by atoms with Crippen LogP contribution in [0.15, 0.2) is 46.8 Å². The fourth-order valence-corrected chi connectivity index (χ4v) is 2.75. The van der Waals surface area contributed by atoms with Crippen molar-refractivity contribution in [3.8, 4) is 0 Å². The minimum Gasteiger partial charge on any atom is -0.288 e. The summed E-state index contributed by atoms with van der Waals surface area (Å²) in [5, 5.41) is 14.3. The van der Waals surface area contributed by atoms with E-state index in [1.807, 2.05) is 35.7 Å². The predicted octanol–water partition coefficient (Wildman–Crippen LogP) is 0.756. The molecule has 1 aliphatic rings. The Morgan fingerprint density at radius 1 is 1.22 bits per heavy atom. The van der Waals surface area contributed by atoms with E-state index in [2.05, 4.69) is 4.99 Å². The van der Waals surface area contributed by atoms with Gasteiger partial charge >= 0.3 is 0 Å². The quantitative estimate of drug-likeness (QED) is 0.821. The van der Waals surface area contributed by atoms with Crippen LogP contribution in [0.4, 0.5) is 0 Å². The number of amides is 1. The molecule has 0 unspecified atom stereocenters. The lowest BCUT2D eigenvalue weighted by atomic mass is 10.2. The predicted molar refractivity (Wildman–Crippen MR) is 67.6 cm³/mol. The summed E-state index contributed by atoms with van der Waals surface area (Å²) >= 11 is 1.52. The third-order valence-corrected chi connectivity index (χ3v) is 3.58. The Hall–Kier alpha value is -1.98. The summed E-state index contributed by atoms with van der Waals surface area (Å²) in [6, 6.07) is 11.2. The second-order valence-electron chi connectivity index (χ2n) is 3.91. The SMILES string of the molecule is O=C1CN(O)C(c2cccs2)=c2ccccc2=N1. The summed E-state index contributed by atoms with van der Waals surface area (Å²) in [6.45, 7) is -0.123. The van der Waals surface area contributed by atoms with Crippen molar-refractivity contribution in [2.24, 2.45) is 4.99 Å². The maximum Gasteiger partial charge on any atom is 0.268 e. The number of rotatable bonds is 1. The number of hydroxylamine groups is 2. The smallest absolute Gasteiger partial charge is 0.268 e. The molecule has 1 aliphatic heterocycles. The summed E-state index contributed by atoms with van der Waals surface area (Å²) in [5.74, 6) is -0.350. The molecule has 0 bridgehead atoms. The molecule has 0 radical (unpaired) electrons. The van der Waals surface area contributed by atoms with E-state index in [0.717, 1.165) is 15.2 Å². The molecule has 0 spiro atoms. The molecule has 2 aromatic rings. The zero-order chi connectivity index (χ0) is 12.5. The van der Waals surface area contributed by atoms with Crippen LogP contribution in [-0.2, 0) is 4.79 Å². The Bertz CT molecular complexity index is 707. The van der Waals surface area contributed by atoms with Crippen LogP contribution < -0.4 is 10.6 Å². The molecule has 0 saturated heterocycles. The van der Waals surface area contributed by atoms with Crippen molar-refractivity contribution in [1.29, 1.82) is 0 Å². The minimum absolute atomic E-state index is 0.123. The molecule has 0 atom stereocenters. The van der Waals surface area contributed by atoms with E-state index in [4.69, 9.17) is 0 Å². The van der Waals surface area contributed by atoms with Gasteiger partial charge in [0.1, 0.15) is 6.54 Å². The van der Waals surface area contributed by atoms with Crippen molar-refractivity contribution in [3.63, 3.8) is 0 Å². The number of thiophene rings is 1. The molecule has 3 rings (SSSR count). The van der Waals surface area contributed by atoms with Crippen LogP contribution in [-0.4, -0.2) is 22.7 Å². The molecule has 2 heterocycles. The Morgan fingerprint density at radius 2 is 2.06 bits per heavy atom. The van der Waals surface area contributed by atoms with Crippen molar-refractivity contribution in [3.05, 3.63) is 57.2 Å². The molecule has 4 nitrogen and oxygen atoms in total. The first-order valence-electron chi connectivity index (χ1n) is 5.47. The Labute approximate surface area is 107 Å². The van der Waals surface area contributed by atoms with E-state index < -0.39 is 0 Å². The van der Waals surface area contributed by atoms with Gasteiger partial charge in [0.05, 0.1) is 15.9 Å². The van der Waals surface area contributed by atoms with E-state index in [1.54, 1.807) is 6.07 Å². The standard InChI is InChI=1S/C13H10N2O2S/c16-12-8-15(17)13(11-6-3-7-18-11)9-4-1-2-5-10(9)14-12/h1-7,17H,8H2. The van der Waals surface area contributed by atoms with E-state index in [-0.39, 0.29) is 12.5 Å². The van der Waals surface area contributed by atoms with Crippen LogP contribution in [0.5, 0.6) is 0 Å². The summed E-state index contributed by atoms with van der Waals surface area (Å²) in [6.07, 6.45) is 0. The van der Waals surface area contributed by atoms with Crippen LogP contribution in [0.3, 0.4) is 0 Å². The van der Waals surface area contributed by atoms with Crippen LogP contribution in [0, 0.1) is 0 Å². The largest absolute Gasteiger partial charge is 0.288 e. The van der Waals surface area contributed by atoms with Crippen LogP contribution in [0.2, 0.25) is 0 Å². The van der Waals surface area contributed by atoms with E-state index in [1.165, 1.54) is 11.3 Å². The van der Waals surface area contributed by atoms with Crippen molar-refractivity contribution in [2.75, 3.05) is 6.54 Å². The Morgan fingerprint density at radius 3 is 2.83 bits per heavy atom. The van der Waals surface area contributed by atoms with E-state index in [0.29, 0.717) is 11.1 Å². The van der Waals surface area contributed by atoms with Gasteiger partial charge in [0, 0.05) is 5.22 Å². The van der Waals surface area contributed by atoms with E-state index in [9.17, 15) is 10.0 Å². The lowest BCUT2D eigenvalue weighted by Crippen LogP contribution is -2.31. The molecular weight excluding hydrogens is 248 g/mol. The molecule has 18 heavy (non-hydrogen) atoms. The van der Waals surface area contributed by atoms with E-state index >= 15 is 0 Å². The third kappa shape index (κ3) is 1.83. The summed E-state index contributed by atoms with van der Waals surface area (Å²) in [5.41, 5.74) is 0.634. The van der Waals surface area contributed by atoms with Crippen molar-refractivity contribution in [1.82, 2.24) is 5.06 Å². The second kappa shape index (κ2) is 4.36. The maximum atomic E-state index is 11.6. The third-order valence-electron chi connectivity index (χ3n) is 2.70. The summed E-state index contributed by atoms with van der Waals surface area (Å²) < 4.78 is 0. The Balaban J connectivity index is 2.42. The topological polar surface area (TPSA) is 52.9 Å². The fourth-order valence-electron chi connectivity index (χ4n) is 1.96. The zero-order valence-corrected chi connectivity index (χ0v) is 10.2. The van der Waals surface area contributed by atoms with Gasteiger partial charge in [-0.1, -0.05) is 24.3 Å². The zero-order valence-electron chi connectivity index (χ0n) is 9.41. The highest BCUT2D eigenvalue weighted by atomic mass is 32.1. The number of benzene rings is 1. The monoisotopic (exact) mass is 258 g/mol. The minimum atomic E-state index is -0.350. The molecule has 1 aromatic carbocycles. The first-order chi connectivity index (χ1) is 8.75. The second-order valence-corrected chi connectivity index (χ2v) is 4.85. The lowest BCUT2D eigenvalue weighted by Gasteiger charge is -2.16. The highest BCUT2D eigenvalue weighted by Gasteiger charge is 2.18. The van der Waals surface area contributed by atoms with Gasteiger partial charge in [-0.3, -0.25) is 10.0 Å². The molecule has 0 saturated carbocycles. The van der Waals surface area contributed by atoms with Crippen molar-refractivity contribution < 1.29 is 10.0 Å². The van der Waals surface area contributed by atoms with Crippen LogP contribution in [0.25, 0.3) is 5.70 Å². The number of carbonyl (C=O) groups is 1. The molecule has 1 amide bonds. The Kier molecular flexibility index (Phi) is 2.70. The maximum absolute atomic E-state index is 11.6. The first-order valence-corrected chi connectivity index (χ1v) is 6.35. The van der Waals surface area contributed by atoms with Gasteiger partial charge in [-0.15, -0.1) is 11.3 Å². The fraction of sp³-hybridized carbons (Fsp3) is 0.0769. The average molecular weight is 258 g/mol. The number of fused-ring (bicyclic) bond motifs is 1. The van der Waals surface area contributed by atoms with Gasteiger partial charge < -0.3 is 0 Å².